The van der Waals surface area contributed by atoms with Crippen LogP contribution in [0.2, 0.25) is 0 Å². The third-order valence-electron chi connectivity index (χ3n) is 6.84. The second-order valence-electron chi connectivity index (χ2n) is 9.25. The van der Waals surface area contributed by atoms with Crippen molar-refractivity contribution in [1.29, 1.82) is 0 Å². The predicted molar refractivity (Wildman–Crippen MR) is 130 cm³/mol. The van der Waals surface area contributed by atoms with Gasteiger partial charge in [0.05, 0.1) is 13.2 Å². The lowest BCUT2D eigenvalue weighted by molar-refractivity contribution is 0.0624. The van der Waals surface area contributed by atoms with Crippen molar-refractivity contribution in [3.8, 4) is 5.75 Å². The van der Waals surface area contributed by atoms with Crippen molar-refractivity contribution < 1.29 is 18.7 Å². The zero-order valence-corrected chi connectivity index (χ0v) is 19.9. The molecule has 1 amide bonds. The molecular formula is C27H34FN3O3. The Labute approximate surface area is 201 Å². The number of Topliss-reactive ketones (excluding diaryl/α,β-unsaturated/α-hetero) is 1. The SMILES string of the molecule is C[C@@H]1CCCN1CCCOc1ccc(C(=O)CN2CCN(C(=O)c3ccc(F)cc3)CC2)cc1. The van der Waals surface area contributed by atoms with Crippen LogP contribution in [-0.4, -0.2) is 84.9 Å². The zero-order chi connectivity index (χ0) is 23.9. The molecule has 0 aliphatic carbocycles. The van der Waals surface area contributed by atoms with E-state index < -0.39 is 0 Å². The minimum absolute atomic E-state index is 0.0629. The van der Waals surface area contributed by atoms with E-state index in [0.29, 0.717) is 56.5 Å². The van der Waals surface area contributed by atoms with Gasteiger partial charge in [-0.3, -0.25) is 14.5 Å². The van der Waals surface area contributed by atoms with Crippen molar-refractivity contribution in [2.75, 3.05) is 52.4 Å². The number of hydrogen-bond donors (Lipinski definition) is 0. The van der Waals surface area contributed by atoms with Gasteiger partial charge in [-0.05, 0) is 81.3 Å². The van der Waals surface area contributed by atoms with Gasteiger partial charge in [-0.1, -0.05) is 0 Å². The van der Waals surface area contributed by atoms with E-state index in [4.69, 9.17) is 4.74 Å². The van der Waals surface area contributed by atoms with E-state index in [-0.39, 0.29) is 17.5 Å². The zero-order valence-electron chi connectivity index (χ0n) is 19.9. The molecule has 2 aromatic carbocycles. The Kier molecular flexibility index (Phi) is 8.29. The first kappa shape index (κ1) is 24.4. The number of hydrogen-bond acceptors (Lipinski definition) is 5. The topological polar surface area (TPSA) is 53.1 Å². The highest BCUT2D eigenvalue weighted by Crippen LogP contribution is 2.17. The van der Waals surface area contributed by atoms with E-state index in [1.807, 2.05) is 24.3 Å². The van der Waals surface area contributed by atoms with Gasteiger partial charge in [0.25, 0.3) is 5.91 Å². The third kappa shape index (κ3) is 6.42. The molecule has 2 fully saturated rings. The summed E-state index contributed by atoms with van der Waals surface area (Å²) in [7, 11) is 0. The number of carbonyl (C=O) groups excluding carboxylic acids is 2. The Hall–Kier alpha value is -2.77. The Morgan fingerprint density at radius 1 is 0.941 bits per heavy atom. The first-order chi connectivity index (χ1) is 16.5. The molecule has 34 heavy (non-hydrogen) atoms. The number of rotatable bonds is 9. The maximum absolute atomic E-state index is 13.1. The van der Waals surface area contributed by atoms with Gasteiger partial charge in [0.1, 0.15) is 11.6 Å². The largest absolute Gasteiger partial charge is 0.494 e. The molecule has 6 nitrogen and oxygen atoms in total. The van der Waals surface area contributed by atoms with Crippen LogP contribution in [0.25, 0.3) is 0 Å². The van der Waals surface area contributed by atoms with Crippen molar-refractivity contribution in [3.63, 3.8) is 0 Å². The summed E-state index contributed by atoms with van der Waals surface area (Å²) in [4.78, 5) is 31.6. The summed E-state index contributed by atoms with van der Waals surface area (Å²) in [6.07, 6.45) is 3.59. The predicted octanol–water partition coefficient (Wildman–Crippen LogP) is 3.72. The van der Waals surface area contributed by atoms with E-state index in [1.54, 1.807) is 4.90 Å². The molecule has 1 atom stereocenters. The van der Waals surface area contributed by atoms with Gasteiger partial charge < -0.3 is 14.5 Å². The molecular weight excluding hydrogens is 433 g/mol. The van der Waals surface area contributed by atoms with Gasteiger partial charge in [-0.25, -0.2) is 4.39 Å². The van der Waals surface area contributed by atoms with Crippen LogP contribution in [0, 0.1) is 5.82 Å². The summed E-state index contributed by atoms with van der Waals surface area (Å²) >= 11 is 0. The molecule has 0 radical (unpaired) electrons. The number of ether oxygens (including phenoxy) is 1. The molecule has 0 saturated carbocycles. The molecule has 2 aliphatic heterocycles. The van der Waals surface area contributed by atoms with Crippen LogP contribution in [0.3, 0.4) is 0 Å². The van der Waals surface area contributed by atoms with Crippen LogP contribution in [0.1, 0.15) is 46.9 Å². The van der Waals surface area contributed by atoms with Crippen molar-refractivity contribution in [3.05, 3.63) is 65.5 Å². The minimum atomic E-state index is -0.355. The first-order valence-electron chi connectivity index (χ1n) is 12.3. The van der Waals surface area contributed by atoms with Gasteiger partial charge >= 0.3 is 0 Å². The lowest BCUT2D eigenvalue weighted by Crippen LogP contribution is -2.49. The van der Waals surface area contributed by atoms with Crippen molar-refractivity contribution in [1.82, 2.24) is 14.7 Å². The molecule has 4 rings (SSSR count). The number of amides is 1. The maximum atomic E-state index is 13.1. The number of carbonyl (C=O) groups is 2. The fraction of sp³-hybridized carbons (Fsp3) is 0.481. The first-order valence-corrected chi connectivity index (χ1v) is 12.3. The van der Waals surface area contributed by atoms with Crippen LogP contribution in [0.5, 0.6) is 5.75 Å². The summed E-state index contributed by atoms with van der Waals surface area (Å²) in [6, 6.07) is 13.7. The van der Waals surface area contributed by atoms with Gasteiger partial charge in [0.2, 0.25) is 0 Å². The lowest BCUT2D eigenvalue weighted by atomic mass is 10.1. The Balaban J connectivity index is 1.17. The second-order valence-corrected chi connectivity index (χ2v) is 9.25. The fourth-order valence-electron chi connectivity index (χ4n) is 4.70. The lowest BCUT2D eigenvalue weighted by Gasteiger charge is -2.34. The van der Waals surface area contributed by atoms with Gasteiger partial charge in [0.15, 0.2) is 5.78 Å². The molecule has 0 N–H and O–H groups in total. The van der Waals surface area contributed by atoms with Gasteiger partial charge in [-0.15, -0.1) is 0 Å². The van der Waals surface area contributed by atoms with Crippen LogP contribution >= 0.6 is 0 Å². The van der Waals surface area contributed by atoms with Crippen LogP contribution in [0.15, 0.2) is 48.5 Å². The number of benzene rings is 2. The van der Waals surface area contributed by atoms with Gasteiger partial charge in [-0.2, -0.15) is 0 Å². The molecule has 0 bridgehead atoms. The molecule has 2 aromatic rings. The Morgan fingerprint density at radius 2 is 1.62 bits per heavy atom. The van der Waals surface area contributed by atoms with Crippen LogP contribution in [0.4, 0.5) is 4.39 Å². The maximum Gasteiger partial charge on any atom is 0.253 e. The third-order valence-corrected chi connectivity index (χ3v) is 6.84. The number of nitrogens with zero attached hydrogens (tertiary/aromatic N) is 3. The quantitative estimate of drug-likeness (QED) is 0.416. The summed E-state index contributed by atoms with van der Waals surface area (Å²) in [5, 5.41) is 0. The van der Waals surface area contributed by atoms with Crippen LogP contribution < -0.4 is 4.74 Å². The van der Waals surface area contributed by atoms with E-state index in [1.165, 1.54) is 43.7 Å². The highest BCUT2D eigenvalue weighted by atomic mass is 19.1. The summed E-state index contributed by atoms with van der Waals surface area (Å²) in [6.45, 7) is 7.92. The van der Waals surface area contributed by atoms with Crippen LogP contribution in [-0.2, 0) is 0 Å². The molecule has 2 saturated heterocycles. The van der Waals surface area contributed by atoms with Crippen molar-refractivity contribution in [2.24, 2.45) is 0 Å². The van der Waals surface area contributed by atoms with E-state index in [9.17, 15) is 14.0 Å². The molecule has 182 valence electrons. The van der Waals surface area contributed by atoms with Crippen molar-refractivity contribution >= 4 is 11.7 Å². The second kappa shape index (κ2) is 11.6. The number of ketones is 1. The molecule has 2 aliphatic rings. The highest BCUT2D eigenvalue weighted by Gasteiger charge is 2.24. The molecule has 0 aromatic heterocycles. The van der Waals surface area contributed by atoms with Gasteiger partial charge in [0, 0.05) is 49.9 Å². The highest BCUT2D eigenvalue weighted by molar-refractivity contribution is 5.97. The average Bonchev–Trinajstić information content (AvgIpc) is 3.27. The van der Waals surface area contributed by atoms with E-state index >= 15 is 0 Å². The normalized spacial score (nSPS) is 19.4. The fourth-order valence-corrected chi connectivity index (χ4v) is 4.70. The minimum Gasteiger partial charge on any atom is -0.494 e. The summed E-state index contributed by atoms with van der Waals surface area (Å²) < 4.78 is 18.9. The van der Waals surface area contributed by atoms with E-state index in [0.717, 1.165) is 18.7 Å². The number of halogens is 1. The number of piperazine rings is 1. The molecule has 2 heterocycles. The average molecular weight is 468 g/mol. The summed E-state index contributed by atoms with van der Waals surface area (Å²) in [5.41, 5.74) is 1.15. The molecule has 7 heteroatoms. The smallest absolute Gasteiger partial charge is 0.253 e. The Morgan fingerprint density at radius 3 is 2.26 bits per heavy atom. The number of likely N-dealkylation sites (tertiary alicyclic amines) is 1. The Bertz CT molecular complexity index is 956. The van der Waals surface area contributed by atoms with Crippen molar-refractivity contribution in [2.45, 2.75) is 32.2 Å². The van der Waals surface area contributed by atoms with E-state index in [2.05, 4.69) is 16.7 Å². The molecule has 0 spiro atoms. The standard InChI is InChI=1S/C27H34FN3O3/c1-21-4-2-13-30(21)14-3-19-34-25-11-7-22(8-12-25)26(32)20-29-15-17-31(18-16-29)27(33)23-5-9-24(28)10-6-23/h5-12,21H,2-4,13-20H2,1H3/t21-/m1/s1. The summed E-state index contributed by atoms with van der Waals surface area (Å²) in [5.74, 6) is 0.398. The molecule has 0 unspecified atom stereocenters. The monoisotopic (exact) mass is 467 g/mol.